The molecule has 2 N–H and O–H groups in total. The van der Waals surface area contributed by atoms with Gasteiger partial charge in [0, 0.05) is 0 Å². The van der Waals surface area contributed by atoms with E-state index in [1.165, 1.54) is 0 Å². The molecule has 0 aromatic carbocycles. The number of carboxylic acid groups (broad SMARTS) is 2. The van der Waals surface area contributed by atoms with Crippen molar-refractivity contribution in [3.8, 4) is 0 Å². The topological polar surface area (TPSA) is 74.6 Å². The zero-order chi connectivity index (χ0) is 11.4. The summed E-state index contributed by atoms with van der Waals surface area (Å²) in [6, 6.07) is 0. The van der Waals surface area contributed by atoms with Crippen LogP contribution in [0.4, 0.5) is 0 Å². The summed E-state index contributed by atoms with van der Waals surface area (Å²) in [4.78, 5) is 21.7. The lowest BCUT2D eigenvalue weighted by atomic mass is 9.79. The second-order valence-corrected chi connectivity index (χ2v) is 3.68. The van der Waals surface area contributed by atoms with Gasteiger partial charge in [-0.3, -0.25) is 9.59 Å². The van der Waals surface area contributed by atoms with Crippen molar-refractivity contribution in [1.29, 1.82) is 0 Å². The van der Waals surface area contributed by atoms with E-state index in [2.05, 4.69) is 6.58 Å². The Balaban J connectivity index is 2.82. The minimum Gasteiger partial charge on any atom is -0.481 e. The van der Waals surface area contributed by atoms with Gasteiger partial charge in [-0.25, -0.2) is 0 Å². The molecule has 1 aliphatic rings. The first-order valence-corrected chi connectivity index (χ1v) is 4.80. The number of carboxylic acids is 2. The summed E-state index contributed by atoms with van der Waals surface area (Å²) < 4.78 is 0. The molecular weight excluding hydrogens is 196 g/mol. The first-order chi connectivity index (χ1) is 7.06. The standard InChI is InChI=1S/C11H14O4/c1-2-3-7-4-5-8(10(12)13)9(6-7)11(14)15/h2,4,8-9H,1,3,5-6H2,(H,12,13)(H,14,15)/t8-,9+/m1/s1. The molecule has 15 heavy (non-hydrogen) atoms. The molecule has 0 heterocycles. The third-order valence-electron chi connectivity index (χ3n) is 2.67. The molecule has 0 radical (unpaired) electrons. The van der Waals surface area contributed by atoms with Gasteiger partial charge in [0.15, 0.2) is 0 Å². The lowest BCUT2D eigenvalue weighted by Crippen LogP contribution is -2.32. The van der Waals surface area contributed by atoms with Crippen molar-refractivity contribution in [2.24, 2.45) is 11.8 Å². The Bertz CT molecular complexity index is 317. The molecule has 4 heteroatoms. The van der Waals surface area contributed by atoms with Crippen molar-refractivity contribution in [1.82, 2.24) is 0 Å². The first kappa shape index (κ1) is 11.5. The third kappa shape index (κ3) is 2.68. The summed E-state index contributed by atoms with van der Waals surface area (Å²) in [6.07, 6.45) is 4.77. The Morgan fingerprint density at radius 2 is 2.00 bits per heavy atom. The second-order valence-electron chi connectivity index (χ2n) is 3.68. The van der Waals surface area contributed by atoms with Gasteiger partial charge in [-0.15, -0.1) is 6.58 Å². The largest absolute Gasteiger partial charge is 0.481 e. The highest BCUT2D eigenvalue weighted by molar-refractivity contribution is 5.80. The van der Waals surface area contributed by atoms with Crippen molar-refractivity contribution in [2.45, 2.75) is 19.3 Å². The minimum absolute atomic E-state index is 0.301. The maximum absolute atomic E-state index is 10.9. The van der Waals surface area contributed by atoms with Crippen LogP contribution in [-0.4, -0.2) is 22.2 Å². The molecule has 0 fully saturated rings. The Morgan fingerprint density at radius 3 is 2.47 bits per heavy atom. The molecule has 0 saturated heterocycles. The molecule has 1 rings (SSSR count). The van der Waals surface area contributed by atoms with Crippen molar-refractivity contribution in [3.05, 3.63) is 24.3 Å². The quantitative estimate of drug-likeness (QED) is 0.692. The van der Waals surface area contributed by atoms with Gasteiger partial charge < -0.3 is 10.2 Å². The van der Waals surface area contributed by atoms with Crippen molar-refractivity contribution in [3.63, 3.8) is 0 Å². The van der Waals surface area contributed by atoms with Crippen LogP contribution in [0.15, 0.2) is 24.3 Å². The number of hydrogen-bond acceptors (Lipinski definition) is 2. The smallest absolute Gasteiger partial charge is 0.307 e. The van der Waals surface area contributed by atoms with E-state index in [-0.39, 0.29) is 0 Å². The average Bonchev–Trinajstić information content (AvgIpc) is 2.17. The first-order valence-electron chi connectivity index (χ1n) is 4.80. The van der Waals surface area contributed by atoms with E-state index in [4.69, 9.17) is 10.2 Å². The highest BCUT2D eigenvalue weighted by atomic mass is 16.4. The molecule has 2 atom stereocenters. The lowest BCUT2D eigenvalue weighted by Gasteiger charge is -2.25. The monoisotopic (exact) mass is 210 g/mol. The van der Waals surface area contributed by atoms with Crippen LogP contribution in [0.1, 0.15) is 19.3 Å². The summed E-state index contributed by atoms with van der Waals surface area (Å²) in [5, 5.41) is 17.8. The minimum atomic E-state index is -1.03. The van der Waals surface area contributed by atoms with E-state index >= 15 is 0 Å². The molecule has 0 aromatic rings. The molecule has 1 aliphatic carbocycles. The molecular formula is C11H14O4. The summed E-state index contributed by atoms with van der Waals surface area (Å²) in [6.45, 7) is 3.57. The molecule has 82 valence electrons. The maximum atomic E-state index is 10.9. The lowest BCUT2D eigenvalue weighted by molar-refractivity contribution is -0.153. The van der Waals surface area contributed by atoms with E-state index in [1.54, 1.807) is 6.08 Å². The summed E-state index contributed by atoms with van der Waals surface area (Å²) >= 11 is 0. The fourth-order valence-corrected chi connectivity index (χ4v) is 1.85. The molecule has 4 nitrogen and oxygen atoms in total. The number of hydrogen-bond donors (Lipinski definition) is 2. The van der Waals surface area contributed by atoms with Crippen LogP contribution in [0.25, 0.3) is 0 Å². The van der Waals surface area contributed by atoms with Crippen LogP contribution < -0.4 is 0 Å². The van der Waals surface area contributed by atoms with E-state index in [1.807, 2.05) is 6.08 Å². The van der Waals surface area contributed by atoms with E-state index in [0.29, 0.717) is 19.3 Å². The molecule has 0 unspecified atom stereocenters. The van der Waals surface area contributed by atoms with Crippen LogP contribution in [0.2, 0.25) is 0 Å². The van der Waals surface area contributed by atoms with Crippen LogP contribution >= 0.6 is 0 Å². The highest BCUT2D eigenvalue weighted by Crippen LogP contribution is 2.31. The molecule has 0 amide bonds. The van der Waals surface area contributed by atoms with E-state index in [0.717, 1.165) is 5.57 Å². The molecule has 0 spiro atoms. The molecule has 0 aliphatic heterocycles. The van der Waals surface area contributed by atoms with Crippen LogP contribution in [0.5, 0.6) is 0 Å². The van der Waals surface area contributed by atoms with E-state index < -0.39 is 23.8 Å². The van der Waals surface area contributed by atoms with Gasteiger partial charge in [0.2, 0.25) is 0 Å². The second kappa shape index (κ2) is 4.77. The third-order valence-corrected chi connectivity index (χ3v) is 2.67. The molecule has 0 saturated carbocycles. The summed E-state index contributed by atoms with van der Waals surface area (Å²) in [5.41, 5.74) is 0.968. The van der Waals surface area contributed by atoms with Crippen molar-refractivity contribution < 1.29 is 19.8 Å². The Hall–Kier alpha value is -1.58. The van der Waals surface area contributed by atoms with Crippen LogP contribution in [0, 0.1) is 11.8 Å². The Morgan fingerprint density at radius 1 is 1.40 bits per heavy atom. The van der Waals surface area contributed by atoms with Crippen molar-refractivity contribution in [2.75, 3.05) is 0 Å². The van der Waals surface area contributed by atoms with Gasteiger partial charge in [-0.05, 0) is 19.3 Å². The zero-order valence-corrected chi connectivity index (χ0v) is 8.35. The zero-order valence-electron chi connectivity index (χ0n) is 8.35. The number of aliphatic carboxylic acids is 2. The fraction of sp³-hybridized carbons (Fsp3) is 0.455. The van der Waals surface area contributed by atoms with Gasteiger partial charge in [0.25, 0.3) is 0 Å². The number of rotatable bonds is 4. The van der Waals surface area contributed by atoms with Gasteiger partial charge in [-0.2, -0.15) is 0 Å². The predicted molar refractivity (Wildman–Crippen MR) is 54.4 cm³/mol. The van der Waals surface area contributed by atoms with Gasteiger partial charge >= 0.3 is 11.9 Å². The molecule has 0 bridgehead atoms. The van der Waals surface area contributed by atoms with Gasteiger partial charge in [0.1, 0.15) is 0 Å². The van der Waals surface area contributed by atoms with Crippen LogP contribution in [0.3, 0.4) is 0 Å². The van der Waals surface area contributed by atoms with E-state index in [9.17, 15) is 9.59 Å². The number of allylic oxidation sites excluding steroid dienone is 3. The average molecular weight is 210 g/mol. The van der Waals surface area contributed by atoms with Gasteiger partial charge in [-0.1, -0.05) is 17.7 Å². The predicted octanol–water partition coefficient (Wildman–Crippen LogP) is 1.68. The maximum Gasteiger partial charge on any atom is 0.307 e. The normalized spacial score (nSPS) is 25.5. The highest BCUT2D eigenvalue weighted by Gasteiger charge is 2.35. The Kier molecular flexibility index (Phi) is 3.66. The number of carbonyl (C=O) groups is 2. The molecule has 0 aromatic heterocycles. The Labute approximate surface area is 87.9 Å². The fourth-order valence-electron chi connectivity index (χ4n) is 1.85. The van der Waals surface area contributed by atoms with Crippen molar-refractivity contribution >= 4 is 11.9 Å². The SMILES string of the molecule is C=CCC1=CC[C@@H](C(=O)O)[C@@H](C(=O)O)C1. The van der Waals surface area contributed by atoms with Gasteiger partial charge in [0.05, 0.1) is 11.8 Å². The summed E-state index contributed by atoms with van der Waals surface area (Å²) in [5.74, 6) is -3.66. The summed E-state index contributed by atoms with van der Waals surface area (Å²) in [7, 11) is 0. The van der Waals surface area contributed by atoms with Crippen LogP contribution in [-0.2, 0) is 9.59 Å².